The Bertz CT molecular complexity index is 350. The van der Waals surface area contributed by atoms with Crippen molar-refractivity contribution in [1.29, 1.82) is 0 Å². The summed E-state index contributed by atoms with van der Waals surface area (Å²) < 4.78 is 26.7. The summed E-state index contributed by atoms with van der Waals surface area (Å²) in [6.07, 6.45) is 3.63. The standard InChI is InChI=1S/C10H8BrClF2/c11-8-4-5-9(13)7(10(8)14)3-1-2-6-12/h1,3-5H,2,6H2/b3-1+. The first-order valence-electron chi connectivity index (χ1n) is 4.03. The average molecular weight is 282 g/mol. The van der Waals surface area contributed by atoms with E-state index in [1.807, 2.05) is 0 Å². The molecule has 0 radical (unpaired) electrons. The Morgan fingerprint density at radius 1 is 1.36 bits per heavy atom. The highest BCUT2D eigenvalue weighted by molar-refractivity contribution is 9.10. The van der Waals surface area contributed by atoms with Crippen molar-refractivity contribution in [2.24, 2.45) is 0 Å². The van der Waals surface area contributed by atoms with E-state index in [1.54, 1.807) is 6.08 Å². The molecule has 14 heavy (non-hydrogen) atoms. The molecule has 0 fully saturated rings. The van der Waals surface area contributed by atoms with Crippen LogP contribution < -0.4 is 0 Å². The topological polar surface area (TPSA) is 0 Å². The van der Waals surface area contributed by atoms with Crippen LogP contribution in [0.15, 0.2) is 22.7 Å². The fourth-order valence-corrected chi connectivity index (χ4v) is 1.43. The van der Waals surface area contributed by atoms with Crippen LogP contribution in [0.3, 0.4) is 0 Å². The Morgan fingerprint density at radius 3 is 2.71 bits per heavy atom. The van der Waals surface area contributed by atoms with Gasteiger partial charge in [-0.25, -0.2) is 8.78 Å². The van der Waals surface area contributed by atoms with Crippen molar-refractivity contribution in [3.63, 3.8) is 0 Å². The van der Waals surface area contributed by atoms with Crippen molar-refractivity contribution >= 4 is 33.6 Å². The molecule has 0 amide bonds. The van der Waals surface area contributed by atoms with Gasteiger partial charge in [0.25, 0.3) is 0 Å². The minimum atomic E-state index is -0.587. The molecule has 0 unspecified atom stereocenters. The van der Waals surface area contributed by atoms with E-state index in [0.717, 1.165) is 0 Å². The minimum absolute atomic E-state index is 0.0375. The molecule has 0 N–H and O–H groups in total. The zero-order chi connectivity index (χ0) is 10.6. The Balaban J connectivity index is 3.00. The first-order valence-corrected chi connectivity index (χ1v) is 5.35. The number of halogens is 4. The highest BCUT2D eigenvalue weighted by Gasteiger charge is 2.08. The predicted molar refractivity (Wildman–Crippen MR) is 58.4 cm³/mol. The second kappa shape index (κ2) is 5.47. The van der Waals surface area contributed by atoms with E-state index in [0.29, 0.717) is 12.3 Å². The summed E-state index contributed by atoms with van der Waals surface area (Å²) >= 11 is 8.42. The quantitative estimate of drug-likeness (QED) is 0.570. The number of allylic oxidation sites excluding steroid dienone is 1. The molecule has 4 heteroatoms. The Hall–Kier alpha value is -0.410. The van der Waals surface area contributed by atoms with Gasteiger partial charge in [0.05, 0.1) is 4.47 Å². The highest BCUT2D eigenvalue weighted by atomic mass is 79.9. The van der Waals surface area contributed by atoms with Gasteiger partial charge in [-0.15, -0.1) is 11.6 Å². The first kappa shape index (κ1) is 11.7. The van der Waals surface area contributed by atoms with Gasteiger partial charge < -0.3 is 0 Å². The molecule has 0 nitrogen and oxygen atoms in total. The average Bonchev–Trinajstić information content (AvgIpc) is 2.18. The maximum Gasteiger partial charge on any atom is 0.147 e. The fourth-order valence-electron chi connectivity index (χ4n) is 0.960. The SMILES string of the molecule is Fc1ccc(Br)c(F)c1/C=C/CCCl. The number of hydrogen-bond donors (Lipinski definition) is 0. The zero-order valence-electron chi connectivity index (χ0n) is 7.24. The molecule has 0 saturated carbocycles. The van der Waals surface area contributed by atoms with Gasteiger partial charge in [0.1, 0.15) is 11.6 Å². The van der Waals surface area contributed by atoms with E-state index in [1.165, 1.54) is 18.2 Å². The van der Waals surface area contributed by atoms with Gasteiger partial charge in [-0.05, 0) is 34.5 Å². The van der Waals surface area contributed by atoms with Gasteiger partial charge in [0.2, 0.25) is 0 Å². The third kappa shape index (κ3) is 2.79. The van der Waals surface area contributed by atoms with Gasteiger partial charge >= 0.3 is 0 Å². The molecule has 1 aromatic rings. The zero-order valence-corrected chi connectivity index (χ0v) is 9.58. The summed E-state index contributed by atoms with van der Waals surface area (Å²) in [7, 11) is 0. The van der Waals surface area contributed by atoms with Crippen LogP contribution in [0.25, 0.3) is 6.08 Å². The fraction of sp³-hybridized carbons (Fsp3) is 0.200. The van der Waals surface area contributed by atoms with E-state index < -0.39 is 11.6 Å². The van der Waals surface area contributed by atoms with E-state index >= 15 is 0 Å². The molecule has 0 heterocycles. The van der Waals surface area contributed by atoms with Crippen LogP contribution in [-0.2, 0) is 0 Å². The van der Waals surface area contributed by atoms with E-state index in [2.05, 4.69) is 15.9 Å². The van der Waals surface area contributed by atoms with Crippen molar-refractivity contribution in [1.82, 2.24) is 0 Å². The van der Waals surface area contributed by atoms with Gasteiger partial charge in [-0.2, -0.15) is 0 Å². The molecule has 76 valence electrons. The summed E-state index contributed by atoms with van der Waals surface area (Å²) in [6, 6.07) is 2.55. The van der Waals surface area contributed by atoms with Crippen molar-refractivity contribution in [3.8, 4) is 0 Å². The molecule has 0 atom stereocenters. The Morgan fingerprint density at radius 2 is 2.07 bits per heavy atom. The van der Waals surface area contributed by atoms with Gasteiger partial charge in [0, 0.05) is 11.4 Å². The molecule has 0 aliphatic heterocycles. The summed E-state index contributed by atoms with van der Waals surface area (Å²) in [6.45, 7) is 0. The number of rotatable bonds is 3. The Labute approximate surface area is 94.7 Å². The van der Waals surface area contributed by atoms with Crippen molar-refractivity contribution in [3.05, 3.63) is 39.9 Å². The second-order valence-corrected chi connectivity index (χ2v) is 3.87. The molecule has 0 bridgehead atoms. The summed E-state index contributed by atoms with van der Waals surface area (Å²) in [5.74, 6) is -0.722. The van der Waals surface area contributed by atoms with Crippen molar-refractivity contribution in [2.75, 3.05) is 5.88 Å². The van der Waals surface area contributed by atoms with Crippen LogP contribution in [-0.4, -0.2) is 5.88 Å². The maximum absolute atomic E-state index is 13.3. The molecular weight excluding hydrogens is 273 g/mol. The summed E-state index contributed by atoms with van der Waals surface area (Å²) in [4.78, 5) is 0. The molecule has 0 saturated heterocycles. The summed E-state index contributed by atoms with van der Waals surface area (Å²) in [5.41, 5.74) is -0.0375. The molecular formula is C10H8BrClF2. The minimum Gasteiger partial charge on any atom is -0.206 e. The molecule has 1 aromatic carbocycles. The van der Waals surface area contributed by atoms with Gasteiger partial charge in [-0.1, -0.05) is 12.2 Å². The number of hydrogen-bond acceptors (Lipinski definition) is 0. The van der Waals surface area contributed by atoms with Gasteiger partial charge in [0.15, 0.2) is 0 Å². The number of alkyl halides is 1. The molecule has 0 aliphatic rings. The van der Waals surface area contributed by atoms with E-state index in [4.69, 9.17) is 11.6 Å². The third-order valence-electron chi connectivity index (χ3n) is 1.64. The summed E-state index contributed by atoms with van der Waals surface area (Å²) in [5, 5.41) is 0. The van der Waals surface area contributed by atoms with Gasteiger partial charge in [-0.3, -0.25) is 0 Å². The van der Waals surface area contributed by atoms with Crippen molar-refractivity contribution < 1.29 is 8.78 Å². The largest absolute Gasteiger partial charge is 0.206 e. The van der Waals surface area contributed by atoms with Crippen LogP contribution in [0.4, 0.5) is 8.78 Å². The van der Waals surface area contributed by atoms with Crippen LogP contribution in [0.2, 0.25) is 0 Å². The lowest BCUT2D eigenvalue weighted by molar-refractivity contribution is 0.574. The van der Waals surface area contributed by atoms with E-state index in [9.17, 15) is 8.78 Å². The van der Waals surface area contributed by atoms with E-state index in [-0.39, 0.29) is 10.0 Å². The van der Waals surface area contributed by atoms with Crippen LogP contribution in [0.1, 0.15) is 12.0 Å². The predicted octanol–water partition coefficient (Wildman–Crippen LogP) is 4.37. The third-order valence-corrected chi connectivity index (χ3v) is 2.47. The first-order chi connectivity index (χ1) is 6.66. The van der Waals surface area contributed by atoms with Crippen LogP contribution in [0.5, 0.6) is 0 Å². The highest BCUT2D eigenvalue weighted by Crippen LogP contribution is 2.22. The lowest BCUT2D eigenvalue weighted by Crippen LogP contribution is -1.89. The lowest BCUT2D eigenvalue weighted by Gasteiger charge is -2.00. The maximum atomic E-state index is 13.3. The lowest BCUT2D eigenvalue weighted by atomic mass is 10.2. The molecule has 0 aromatic heterocycles. The second-order valence-electron chi connectivity index (χ2n) is 2.64. The molecule has 0 aliphatic carbocycles. The normalized spacial score (nSPS) is 11.1. The van der Waals surface area contributed by atoms with Crippen molar-refractivity contribution in [2.45, 2.75) is 6.42 Å². The Kier molecular flexibility index (Phi) is 4.55. The monoisotopic (exact) mass is 280 g/mol. The van der Waals surface area contributed by atoms with Crippen LogP contribution >= 0.6 is 27.5 Å². The smallest absolute Gasteiger partial charge is 0.147 e. The molecule has 0 spiro atoms. The van der Waals surface area contributed by atoms with Crippen LogP contribution in [0, 0.1) is 11.6 Å². The number of benzene rings is 1. The molecule has 1 rings (SSSR count).